The van der Waals surface area contributed by atoms with E-state index < -0.39 is 0 Å². The van der Waals surface area contributed by atoms with Crippen molar-refractivity contribution in [1.82, 2.24) is 9.55 Å². The molecule has 0 spiro atoms. The molecule has 2 heteroatoms. The van der Waals surface area contributed by atoms with Gasteiger partial charge in [0.15, 0.2) is 0 Å². The highest BCUT2D eigenvalue weighted by molar-refractivity contribution is 5.62. The Balaban J connectivity index is 2.43. The van der Waals surface area contributed by atoms with Crippen LogP contribution in [0.4, 0.5) is 0 Å². The molecule has 0 amide bonds. The molecule has 1 aromatic heterocycles. The minimum absolute atomic E-state index is 0.680. The predicted molar refractivity (Wildman–Crippen MR) is 75.0 cm³/mol. The first-order chi connectivity index (χ1) is 8.86. The Morgan fingerprint density at radius 2 is 2.11 bits per heavy atom. The Morgan fingerprint density at radius 3 is 2.78 bits per heavy atom. The van der Waals surface area contributed by atoms with Crippen LogP contribution in [0.1, 0.15) is 12.6 Å². The van der Waals surface area contributed by atoms with Crippen molar-refractivity contribution in [2.24, 2.45) is 0 Å². The third kappa shape index (κ3) is 2.52. The first-order valence-corrected chi connectivity index (χ1v) is 5.96. The molecule has 0 aliphatic heterocycles. The van der Waals surface area contributed by atoms with E-state index in [1.165, 1.54) is 5.69 Å². The van der Waals surface area contributed by atoms with Gasteiger partial charge < -0.3 is 4.57 Å². The van der Waals surface area contributed by atoms with E-state index in [-0.39, 0.29) is 0 Å². The van der Waals surface area contributed by atoms with E-state index in [0.717, 1.165) is 17.7 Å². The molecule has 0 aliphatic rings. The summed E-state index contributed by atoms with van der Waals surface area (Å²) in [7, 11) is 0. The Kier molecular flexibility index (Phi) is 3.98. The fourth-order valence-electron chi connectivity index (χ4n) is 1.90. The van der Waals surface area contributed by atoms with Gasteiger partial charge in [-0.05, 0) is 6.92 Å². The van der Waals surface area contributed by atoms with Gasteiger partial charge in [-0.2, -0.15) is 0 Å². The Labute approximate surface area is 108 Å². The topological polar surface area (TPSA) is 17.8 Å². The van der Waals surface area contributed by atoms with E-state index in [4.69, 9.17) is 0 Å². The van der Waals surface area contributed by atoms with Crippen molar-refractivity contribution in [2.45, 2.75) is 19.9 Å². The largest absolute Gasteiger partial charge is 0.322 e. The standard InChI is InChI=1S/C16H16N2/c1-3-5-12-18-13-17-16(15(18)9-4-2)14-10-7-6-8-11-14/h4,6-8,10-11,13H,2,9,12H2,1H3. The quantitative estimate of drug-likeness (QED) is 0.588. The number of benzene rings is 1. The summed E-state index contributed by atoms with van der Waals surface area (Å²) in [6, 6.07) is 10.2. The molecule has 0 bridgehead atoms. The van der Waals surface area contributed by atoms with Crippen molar-refractivity contribution in [1.29, 1.82) is 0 Å². The van der Waals surface area contributed by atoms with Crippen LogP contribution in [0.25, 0.3) is 11.3 Å². The number of aromatic nitrogens is 2. The van der Waals surface area contributed by atoms with Crippen LogP contribution in [-0.2, 0) is 13.0 Å². The van der Waals surface area contributed by atoms with Crippen LogP contribution in [0, 0.1) is 11.8 Å². The Morgan fingerprint density at radius 1 is 1.33 bits per heavy atom. The van der Waals surface area contributed by atoms with Gasteiger partial charge in [0.2, 0.25) is 0 Å². The summed E-state index contributed by atoms with van der Waals surface area (Å²) < 4.78 is 2.08. The van der Waals surface area contributed by atoms with Crippen molar-refractivity contribution in [3.63, 3.8) is 0 Å². The molecular weight excluding hydrogens is 220 g/mol. The van der Waals surface area contributed by atoms with Gasteiger partial charge in [-0.15, -0.1) is 12.5 Å². The van der Waals surface area contributed by atoms with Crippen LogP contribution in [0.15, 0.2) is 49.3 Å². The van der Waals surface area contributed by atoms with Gasteiger partial charge in [-0.1, -0.05) is 42.3 Å². The predicted octanol–water partition coefficient (Wildman–Crippen LogP) is 3.30. The lowest BCUT2D eigenvalue weighted by atomic mass is 10.1. The first-order valence-electron chi connectivity index (χ1n) is 5.96. The zero-order chi connectivity index (χ0) is 12.8. The summed E-state index contributed by atoms with van der Waals surface area (Å²) in [5, 5.41) is 0. The lowest BCUT2D eigenvalue weighted by Crippen LogP contribution is -2.00. The average Bonchev–Trinajstić information content (AvgIpc) is 2.81. The molecule has 90 valence electrons. The number of hydrogen-bond donors (Lipinski definition) is 0. The van der Waals surface area contributed by atoms with Crippen LogP contribution in [-0.4, -0.2) is 9.55 Å². The summed E-state index contributed by atoms with van der Waals surface area (Å²) in [6.45, 7) is 6.34. The molecule has 2 rings (SSSR count). The van der Waals surface area contributed by atoms with E-state index >= 15 is 0 Å². The summed E-state index contributed by atoms with van der Waals surface area (Å²) in [6.07, 6.45) is 4.56. The second-order valence-corrected chi connectivity index (χ2v) is 3.95. The highest BCUT2D eigenvalue weighted by Gasteiger charge is 2.10. The zero-order valence-electron chi connectivity index (χ0n) is 10.6. The van der Waals surface area contributed by atoms with Crippen LogP contribution in [0.2, 0.25) is 0 Å². The minimum Gasteiger partial charge on any atom is -0.322 e. The molecule has 18 heavy (non-hydrogen) atoms. The number of hydrogen-bond acceptors (Lipinski definition) is 1. The fourth-order valence-corrected chi connectivity index (χ4v) is 1.90. The van der Waals surface area contributed by atoms with Gasteiger partial charge in [0.25, 0.3) is 0 Å². The molecule has 0 saturated carbocycles. The van der Waals surface area contributed by atoms with E-state index in [0.29, 0.717) is 6.54 Å². The molecule has 0 unspecified atom stereocenters. The Hall–Kier alpha value is -2.27. The van der Waals surface area contributed by atoms with Gasteiger partial charge >= 0.3 is 0 Å². The maximum atomic E-state index is 4.51. The van der Waals surface area contributed by atoms with E-state index in [1.54, 1.807) is 0 Å². The molecule has 1 aromatic carbocycles. The van der Waals surface area contributed by atoms with Crippen LogP contribution in [0.5, 0.6) is 0 Å². The minimum atomic E-state index is 0.680. The Bertz CT molecular complexity index is 583. The SMILES string of the molecule is C=CCc1c(-c2ccccc2)ncn1CC#CC. The highest BCUT2D eigenvalue weighted by Crippen LogP contribution is 2.22. The van der Waals surface area contributed by atoms with Crippen molar-refractivity contribution in [3.05, 3.63) is 55.0 Å². The number of allylic oxidation sites excluding steroid dienone is 1. The van der Waals surface area contributed by atoms with Crippen LogP contribution < -0.4 is 0 Å². The lowest BCUT2D eigenvalue weighted by molar-refractivity contribution is 0.792. The van der Waals surface area contributed by atoms with Gasteiger partial charge in [-0.3, -0.25) is 0 Å². The molecule has 0 saturated heterocycles. The maximum absolute atomic E-state index is 4.51. The number of nitrogens with zero attached hydrogens (tertiary/aromatic N) is 2. The molecule has 0 aliphatic carbocycles. The number of imidazole rings is 1. The summed E-state index contributed by atoms with van der Waals surface area (Å²) in [5.74, 6) is 5.98. The summed E-state index contributed by atoms with van der Waals surface area (Å²) >= 11 is 0. The third-order valence-corrected chi connectivity index (χ3v) is 2.76. The maximum Gasteiger partial charge on any atom is 0.0964 e. The van der Waals surface area contributed by atoms with Gasteiger partial charge in [-0.25, -0.2) is 4.98 Å². The number of rotatable bonds is 4. The van der Waals surface area contributed by atoms with Crippen molar-refractivity contribution in [2.75, 3.05) is 0 Å². The van der Waals surface area contributed by atoms with Crippen molar-refractivity contribution >= 4 is 0 Å². The summed E-state index contributed by atoms with van der Waals surface area (Å²) in [4.78, 5) is 4.51. The second-order valence-electron chi connectivity index (χ2n) is 3.95. The highest BCUT2D eigenvalue weighted by atomic mass is 15.1. The van der Waals surface area contributed by atoms with E-state index in [1.807, 2.05) is 37.5 Å². The first kappa shape index (κ1) is 12.2. The van der Waals surface area contributed by atoms with Crippen LogP contribution >= 0.6 is 0 Å². The molecule has 1 heterocycles. The average molecular weight is 236 g/mol. The van der Waals surface area contributed by atoms with Gasteiger partial charge in [0.05, 0.1) is 24.3 Å². The molecule has 2 nitrogen and oxygen atoms in total. The normalized spacial score (nSPS) is 9.61. The van der Waals surface area contributed by atoms with E-state index in [9.17, 15) is 0 Å². The van der Waals surface area contributed by atoms with Gasteiger partial charge in [0.1, 0.15) is 0 Å². The monoisotopic (exact) mass is 236 g/mol. The molecule has 2 aromatic rings. The van der Waals surface area contributed by atoms with Crippen molar-refractivity contribution in [3.8, 4) is 23.1 Å². The van der Waals surface area contributed by atoms with E-state index in [2.05, 4.69) is 40.1 Å². The third-order valence-electron chi connectivity index (χ3n) is 2.76. The second kappa shape index (κ2) is 5.88. The molecule has 0 N–H and O–H groups in total. The molecule has 0 fully saturated rings. The van der Waals surface area contributed by atoms with Crippen molar-refractivity contribution < 1.29 is 0 Å². The lowest BCUT2D eigenvalue weighted by Gasteiger charge is -2.05. The fraction of sp³-hybridized carbons (Fsp3) is 0.188. The zero-order valence-corrected chi connectivity index (χ0v) is 10.6. The molecule has 0 atom stereocenters. The smallest absolute Gasteiger partial charge is 0.0964 e. The summed E-state index contributed by atoms with van der Waals surface area (Å²) in [5.41, 5.74) is 3.32. The van der Waals surface area contributed by atoms with Crippen LogP contribution in [0.3, 0.4) is 0 Å². The van der Waals surface area contributed by atoms with Gasteiger partial charge in [0, 0.05) is 12.0 Å². The molecular formula is C16H16N2. The molecule has 0 radical (unpaired) electrons.